The summed E-state index contributed by atoms with van der Waals surface area (Å²) in [4.78, 5) is 15.4. The Hall–Kier alpha value is -2.43. The van der Waals surface area contributed by atoms with Crippen molar-refractivity contribution in [3.05, 3.63) is 53.5 Å². The lowest BCUT2D eigenvalue weighted by molar-refractivity contribution is -0.132. The summed E-state index contributed by atoms with van der Waals surface area (Å²) in [5.74, 6) is -0.331. The zero-order valence-electron chi connectivity index (χ0n) is 12.3. The van der Waals surface area contributed by atoms with Gasteiger partial charge in [-0.3, -0.25) is 4.79 Å². The molecule has 1 heterocycles. The van der Waals surface area contributed by atoms with Crippen LogP contribution in [0, 0.1) is 5.82 Å². The number of halogens is 1. The first-order valence-corrected chi connectivity index (χ1v) is 7.28. The number of hydrogen-bond donors (Lipinski definition) is 1. The van der Waals surface area contributed by atoms with Crippen molar-refractivity contribution in [1.82, 2.24) is 4.98 Å². The number of nitrogens with one attached hydrogen (secondary N) is 1. The second-order valence-electron chi connectivity index (χ2n) is 5.51. The first-order valence-electron chi connectivity index (χ1n) is 7.28. The lowest BCUT2D eigenvalue weighted by atomic mass is 10.1. The van der Waals surface area contributed by atoms with Crippen molar-refractivity contribution in [2.45, 2.75) is 32.2 Å². The van der Waals surface area contributed by atoms with Crippen LogP contribution in [-0.2, 0) is 11.2 Å². The molecule has 1 aliphatic rings. The molecule has 3 rings (SSSR count). The molecule has 114 valence electrons. The number of carbonyl (C=O) groups excluding carboxylic acids is 1. The minimum atomic E-state index is -0.391. The molecule has 1 aromatic carbocycles. The van der Waals surface area contributed by atoms with E-state index in [1.807, 2.05) is 6.07 Å². The average molecular weight is 300 g/mol. The zero-order chi connectivity index (χ0) is 15.5. The Morgan fingerprint density at radius 3 is 2.68 bits per heavy atom. The van der Waals surface area contributed by atoms with Gasteiger partial charge in [-0.1, -0.05) is 12.1 Å². The van der Waals surface area contributed by atoms with E-state index in [9.17, 15) is 9.18 Å². The molecule has 0 amide bonds. The van der Waals surface area contributed by atoms with Crippen molar-refractivity contribution < 1.29 is 13.9 Å². The molecular formula is C17H17FN2O2. The van der Waals surface area contributed by atoms with Crippen molar-refractivity contribution in [2.75, 3.05) is 5.32 Å². The standard InChI is InChI=1S/C17H17FN2O2/c1-11(21)22-17-16(20-15-6-7-15)9-13(10-19-17)8-12-2-4-14(18)5-3-12/h2-5,9-10,15,20H,6-8H2,1H3. The van der Waals surface area contributed by atoms with Crippen LogP contribution in [0.4, 0.5) is 10.1 Å². The second-order valence-corrected chi connectivity index (χ2v) is 5.51. The molecule has 0 unspecified atom stereocenters. The average Bonchev–Trinajstić information content (AvgIpc) is 3.28. The maximum atomic E-state index is 12.9. The van der Waals surface area contributed by atoms with Gasteiger partial charge in [-0.2, -0.15) is 0 Å². The molecular weight excluding hydrogens is 283 g/mol. The van der Waals surface area contributed by atoms with E-state index in [4.69, 9.17) is 4.74 Å². The monoisotopic (exact) mass is 300 g/mol. The molecule has 4 nitrogen and oxygen atoms in total. The quantitative estimate of drug-likeness (QED) is 0.861. The number of ether oxygens (including phenoxy) is 1. The van der Waals surface area contributed by atoms with Crippen LogP contribution in [0.15, 0.2) is 36.5 Å². The molecule has 0 bridgehead atoms. The van der Waals surface area contributed by atoms with Crippen LogP contribution in [0.2, 0.25) is 0 Å². The van der Waals surface area contributed by atoms with Crippen molar-refractivity contribution in [1.29, 1.82) is 0 Å². The molecule has 0 radical (unpaired) electrons. The van der Waals surface area contributed by atoms with Gasteiger partial charge in [-0.15, -0.1) is 0 Å². The fourth-order valence-corrected chi connectivity index (χ4v) is 2.20. The third-order valence-corrected chi connectivity index (χ3v) is 3.41. The molecule has 1 aliphatic carbocycles. The van der Waals surface area contributed by atoms with Crippen LogP contribution >= 0.6 is 0 Å². The van der Waals surface area contributed by atoms with Crippen LogP contribution in [0.3, 0.4) is 0 Å². The summed E-state index contributed by atoms with van der Waals surface area (Å²) < 4.78 is 18.1. The highest BCUT2D eigenvalue weighted by Gasteiger charge is 2.23. The normalized spacial score (nSPS) is 13.7. The van der Waals surface area contributed by atoms with Crippen molar-refractivity contribution in [3.8, 4) is 5.88 Å². The lowest BCUT2D eigenvalue weighted by Crippen LogP contribution is -2.09. The van der Waals surface area contributed by atoms with Gasteiger partial charge in [0.05, 0.1) is 5.69 Å². The van der Waals surface area contributed by atoms with E-state index in [1.54, 1.807) is 18.3 Å². The van der Waals surface area contributed by atoms with E-state index < -0.39 is 5.97 Å². The Labute approximate surface area is 128 Å². The van der Waals surface area contributed by atoms with Crippen molar-refractivity contribution >= 4 is 11.7 Å². The molecule has 1 aromatic heterocycles. The summed E-state index contributed by atoms with van der Waals surface area (Å²) in [7, 11) is 0. The Morgan fingerprint density at radius 1 is 1.32 bits per heavy atom. The molecule has 1 saturated carbocycles. The van der Waals surface area contributed by atoms with Gasteiger partial charge < -0.3 is 10.1 Å². The minimum Gasteiger partial charge on any atom is -0.405 e. The SMILES string of the molecule is CC(=O)Oc1ncc(Cc2ccc(F)cc2)cc1NC1CC1. The van der Waals surface area contributed by atoms with E-state index in [0.29, 0.717) is 18.3 Å². The van der Waals surface area contributed by atoms with E-state index >= 15 is 0 Å². The van der Waals surface area contributed by atoms with Gasteiger partial charge in [-0.25, -0.2) is 9.37 Å². The smallest absolute Gasteiger partial charge is 0.309 e. The fraction of sp³-hybridized carbons (Fsp3) is 0.294. The first-order chi connectivity index (χ1) is 10.6. The number of rotatable bonds is 5. The number of pyridine rings is 1. The Balaban J connectivity index is 1.81. The summed E-state index contributed by atoms with van der Waals surface area (Å²) >= 11 is 0. The van der Waals surface area contributed by atoms with Gasteiger partial charge in [0.1, 0.15) is 5.82 Å². The van der Waals surface area contributed by atoms with Gasteiger partial charge in [0.15, 0.2) is 0 Å². The summed E-state index contributed by atoms with van der Waals surface area (Å²) in [5.41, 5.74) is 2.71. The van der Waals surface area contributed by atoms with Crippen LogP contribution in [-0.4, -0.2) is 17.0 Å². The molecule has 22 heavy (non-hydrogen) atoms. The fourth-order valence-electron chi connectivity index (χ4n) is 2.20. The highest BCUT2D eigenvalue weighted by molar-refractivity contribution is 5.71. The number of carbonyl (C=O) groups is 1. The van der Waals surface area contributed by atoms with E-state index in [0.717, 1.165) is 29.7 Å². The maximum absolute atomic E-state index is 12.9. The number of anilines is 1. The molecule has 0 aliphatic heterocycles. The number of aromatic nitrogens is 1. The van der Waals surface area contributed by atoms with E-state index in [-0.39, 0.29) is 5.82 Å². The summed E-state index contributed by atoms with van der Waals surface area (Å²) in [6.45, 7) is 1.36. The van der Waals surface area contributed by atoms with Crippen LogP contribution in [0.1, 0.15) is 30.9 Å². The Morgan fingerprint density at radius 2 is 2.05 bits per heavy atom. The summed E-state index contributed by atoms with van der Waals surface area (Å²) in [5, 5.41) is 3.33. The first kappa shape index (κ1) is 14.5. The molecule has 1 N–H and O–H groups in total. The summed E-state index contributed by atoms with van der Waals surface area (Å²) in [6, 6.07) is 8.76. The van der Waals surface area contributed by atoms with E-state index in [2.05, 4.69) is 10.3 Å². The van der Waals surface area contributed by atoms with Crippen molar-refractivity contribution in [3.63, 3.8) is 0 Å². The predicted octanol–water partition coefficient (Wildman–Crippen LogP) is 3.31. The molecule has 1 fully saturated rings. The third-order valence-electron chi connectivity index (χ3n) is 3.41. The van der Waals surface area contributed by atoms with Crippen LogP contribution in [0.5, 0.6) is 5.88 Å². The number of hydrogen-bond acceptors (Lipinski definition) is 4. The van der Waals surface area contributed by atoms with Gasteiger partial charge >= 0.3 is 5.97 Å². The maximum Gasteiger partial charge on any atom is 0.309 e. The Kier molecular flexibility index (Phi) is 4.04. The van der Waals surface area contributed by atoms with Gasteiger partial charge in [0, 0.05) is 19.2 Å². The molecule has 0 saturated heterocycles. The van der Waals surface area contributed by atoms with Gasteiger partial charge in [0.2, 0.25) is 5.88 Å². The highest BCUT2D eigenvalue weighted by Crippen LogP contribution is 2.30. The number of benzene rings is 1. The highest BCUT2D eigenvalue weighted by atomic mass is 19.1. The van der Waals surface area contributed by atoms with Crippen LogP contribution < -0.4 is 10.1 Å². The van der Waals surface area contributed by atoms with Gasteiger partial charge in [0.25, 0.3) is 0 Å². The largest absolute Gasteiger partial charge is 0.405 e. The Bertz CT molecular complexity index is 682. The molecule has 2 aromatic rings. The third kappa shape index (κ3) is 3.81. The van der Waals surface area contributed by atoms with Crippen LogP contribution in [0.25, 0.3) is 0 Å². The zero-order valence-corrected chi connectivity index (χ0v) is 12.3. The number of nitrogens with zero attached hydrogens (tertiary/aromatic N) is 1. The molecule has 5 heteroatoms. The van der Waals surface area contributed by atoms with Gasteiger partial charge in [-0.05, 0) is 48.6 Å². The van der Waals surface area contributed by atoms with Crippen molar-refractivity contribution in [2.24, 2.45) is 0 Å². The molecule has 0 spiro atoms. The molecule has 0 atom stereocenters. The number of esters is 1. The topological polar surface area (TPSA) is 51.2 Å². The minimum absolute atomic E-state index is 0.247. The second kappa shape index (κ2) is 6.13. The predicted molar refractivity (Wildman–Crippen MR) is 81.4 cm³/mol. The lowest BCUT2D eigenvalue weighted by Gasteiger charge is -2.12. The summed E-state index contributed by atoms with van der Waals surface area (Å²) in [6.07, 6.45) is 4.55. The van der Waals surface area contributed by atoms with E-state index in [1.165, 1.54) is 19.1 Å².